The lowest BCUT2D eigenvalue weighted by Crippen LogP contribution is -2.30. The lowest BCUT2D eigenvalue weighted by Gasteiger charge is -2.30. The van der Waals surface area contributed by atoms with Crippen molar-refractivity contribution in [3.05, 3.63) is 0 Å². The number of hydrogen-bond acceptors (Lipinski definition) is 3. The summed E-state index contributed by atoms with van der Waals surface area (Å²) in [5.41, 5.74) is 1.53. The van der Waals surface area contributed by atoms with Gasteiger partial charge in [0.15, 0.2) is 0 Å². The Labute approximate surface area is 104 Å². The van der Waals surface area contributed by atoms with Crippen LogP contribution in [0.2, 0.25) is 0 Å². The predicted molar refractivity (Wildman–Crippen MR) is 63.8 cm³/mol. The molecule has 1 aliphatic carbocycles. The van der Waals surface area contributed by atoms with Gasteiger partial charge in [-0.2, -0.15) is 13.2 Å². The number of halogens is 3. The number of nitrogens with two attached hydrogens (primary N) is 1. The Kier molecular flexibility index (Phi) is 6.66. The lowest BCUT2D eigenvalue weighted by molar-refractivity contribution is -0.0333. The molecule has 17 heavy (non-hydrogen) atoms. The van der Waals surface area contributed by atoms with E-state index in [1.807, 2.05) is 0 Å². The zero-order valence-electron chi connectivity index (χ0n) is 9.84. The predicted octanol–water partition coefficient (Wildman–Crippen LogP) is 3.02. The van der Waals surface area contributed by atoms with Crippen LogP contribution in [-0.4, -0.2) is 31.0 Å². The first-order chi connectivity index (χ1) is 8.03. The minimum Gasteiger partial charge on any atom is -0.380 e. The van der Waals surface area contributed by atoms with Gasteiger partial charge in [0.05, 0.1) is 6.61 Å². The molecule has 0 aliphatic heterocycles. The molecule has 0 saturated heterocycles. The van der Waals surface area contributed by atoms with Gasteiger partial charge < -0.3 is 10.5 Å². The third-order valence-electron chi connectivity index (χ3n) is 3.19. The maximum absolute atomic E-state index is 11.8. The van der Waals surface area contributed by atoms with E-state index in [1.165, 1.54) is 12.8 Å². The number of alkyl halides is 3. The summed E-state index contributed by atoms with van der Waals surface area (Å²) < 4.78 is 40.9. The monoisotopic (exact) mass is 271 g/mol. The van der Waals surface area contributed by atoms with E-state index < -0.39 is 5.51 Å². The van der Waals surface area contributed by atoms with Gasteiger partial charge >= 0.3 is 5.51 Å². The van der Waals surface area contributed by atoms with E-state index in [0.29, 0.717) is 25.0 Å². The normalized spacial score (nSPS) is 26.1. The molecule has 0 amide bonds. The molecule has 0 radical (unpaired) electrons. The topological polar surface area (TPSA) is 35.2 Å². The number of hydrogen-bond donors (Lipinski definition) is 1. The van der Waals surface area contributed by atoms with Crippen LogP contribution in [0, 0.1) is 11.8 Å². The van der Waals surface area contributed by atoms with Gasteiger partial charge in [0.1, 0.15) is 0 Å². The lowest BCUT2D eigenvalue weighted by atomic mass is 9.80. The first-order valence-corrected chi connectivity index (χ1v) is 7.00. The smallest absolute Gasteiger partial charge is 0.380 e. The average molecular weight is 271 g/mol. The summed E-state index contributed by atoms with van der Waals surface area (Å²) in [7, 11) is 0. The summed E-state index contributed by atoms with van der Waals surface area (Å²) in [4.78, 5) is 0. The Morgan fingerprint density at radius 2 is 1.82 bits per heavy atom. The van der Waals surface area contributed by atoms with Gasteiger partial charge in [-0.3, -0.25) is 0 Å². The maximum atomic E-state index is 11.8. The number of rotatable bonds is 6. The standard InChI is InChI=1S/C11H20F3NOS/c12-11(13,14)17-6-5-16-8-10-4-2-1-3-9(10)7-15/h9-10H,1-8,15H2. The summed E-state index contributed by atoms with van der Waals surface area (Å²) in [5.74, 6) is 0.896. The Bertz CT molecular complexity index is 213. The van der Waals surface area contributed by atoms with Crippen molar-refractivity contribution in [2.24, 2.45) is 17.6 Å². The first kappa shape index (κ1) is 15.1. The van der Waals surface area contributed by atoms with Crippen LogP contribution in [0.5, 0.6) is 0 Å². The number of ether oxygens (including phenoxy) is 1. The second-order valence-corrected chi connectivity index (χ2v) is 5.57. The van der Waals surface area contributed by atoms with Crippen LogP contribution in [0.25, 0.3) is 0 Å². The SMILES string of the molecule is NCC1CCCCC1COCCSC(F)(F)F. The van der Waals surface area contributed by atoms with Crippen LogP contribution in [0.15, 0.2) is 0 Å². The fourth-order valence-electron chi connectivity index (χ4n) is 2.27. The minimum atomic E-state index is -4.14. The summed E-state index contributed by atoms with van der Waals surface area (Å²) in [5, 5.41) is 0. The van der Waals surface area contributed by atoms with Crippen LogP contribution in [0.3, 0.4) is 0 Å². The zero-order chi connectivity index (χ0) is 12.7. The van der Waals surface area contributed by atoms with Crippen LogP contribution in [0.4, 0.5) is 13.2 Å². The molecule has 0 aromatic heterocycles. The van der Waals surface area contributed by atoms with E-state index in [-0.39, 0.29) is 24.1 Å². The average Bonchev–Trinajstić information content (AvgIpc) is 2.27. The van der Waals surface area contributed by atoms with Gasteiger partial charge in [0.25, 0.3) is 0 Å². The van der Waals surface area contributed by atoms with Crippen LogP contribution >= 0.6 is 11.8 Å². The fourth-order valence-corrected chi connectivity index (χ4v) is 2.70. The molecule has 1 saturated carbocycles. The zero-order valence-corrected chi connectivity index (χ0v) is 10.7. The largest absolute Gasteiger partial charge is 0.441 e. The van der Waals surface area contributed by atoms with E-state index in [0.717, 1.165) is 12.8 Å². The maximum Gasteiger partial charge on any atom is 0.441 e. The minimum absolute atomic E-state index is 0.0230. The Hall–Kier alpha value is 0.0600. The molecule has 0 spiro atoms. The van der Waals surface area contributed by atoms with Crippen molar-refractivity contribution in [2.45, 2.75) is 31.2 Å². The molecule has 0 aromatic rings. The molecule has 1 aliphatic rings. The molecular weight excluding hydrogens is 251 g/mol. The van der Waals surface area contributed by atoms with E-state index in [1.54, 1.807) is 0 Å². The van der Waals surface area contributed by atoms with Crippen LogP contribution < -0.4 is 5.73 Å². The van der Waals surface area contributed by atoms with Crippen molar-refractivity contribution in [3.63, 3.8) is 0 Å². The molecule has 2 atom stereocenters. The quantitative estimate of drug-likeness (QED) is 0.754. The highest BCUT2D eigenvalue weighted by atomic mass is 32.2. The highest BCUT2D eigenvalue weighted by Crippen LogP contribution is 2.31. The van der Waals surface area contributed by atoms with Crippen LogP contribution in [-0.2, 0) is 4.74 Å². The summed E-state index contributed by atoms with van der Waals surface area (Å²) in [6.45, 7) is 1.38. The van der Waals surface area contributed by atoms with Gasteiger partial charge in [-0.15, -0.1) is 0 Å². The third kappa shape index (κ3) is 6.52. The van der Waals surface area contributed by atoms with E-state index in [2.05, 4.69) is 0 Å². The Balaban J connectivity index is 2.08. The Morgan fingerprint density at radius 3 is 2.41 bits per heavy atom. The third-order valence-corrected chi connectivity index (χ3v) is 3.89. The fraction of sp³-hybridized carbons (Fsp3) is 1.00. The van der Waals surface area contributed by atoms with Gasteiger partial charge in [-0.1, -0.05) is 12.8 Å². The summed E-state index contributed by atoms with van der Waals surface area (Å²) >= 11 is -0.0230. The molecular formula is C11H20F3NOS. The molecule has 1 fully saturated rings. The second kappa shape index (κ2) is 7.48. The molecule has 2 nitrogen and oxygen atoms in total. The number of thioether (sulfide) groups is 1. The molecule has 0 aromatic carbocycles. The van der Waals surface area contributed by atoms with E-state index in [4.69, 9.17) is 10.5 Å². The van der Waals surface area contributed by atoms with Crippen molar-refractivity contribution < 1.29 is 17.9 Å². The van der Waals surface area contributed by atoms with E-state index in [9.17, 15) is 13.2 Å². The van der Waals surface area contributed by atoms with Crippen LogP contribution in [0.1, 0.15) is 25.7 Å². The molecule has 2 N–H and O–H groups in total. The van der Waals surface area contributed by atoms with E-state index >= 15 is 0 Å². The van der Waals surface area contributed by atoms with Gasteiger partial charge in [-0.05, 0) is 43.0 Å². The highest BCUT2D eigenvalue weighted by Gasteiger charge is 2.28. The van der Waals surface area contributed by atoms with Crippen molar-refractivity contribution in [3.8, 4) is 0 Å². The summed E-state index contributed by atoms with van der Waals surface area (Å²) in [6.07, 6.45) is 4.61. The molecule has 0 heterocycles. The first-order valence-electron chi connectivity index (χ1n) is 6.01. The molecule has 6 heteroatoms. The molecule has 102 valence electrons. The second-order valence-electron chi connectivity index (χ2n) is 4.41. The summed E-state index contributed by atoms with van der Waals surface area (Å²) in [6, 6.07) is 0. The molecule has 1 rings (SSSR count). The molecule has 0 bridgehead atoms. The van der Waals surface area contributed by atoms with Gasteiger partial charge in [0.2, 0.25) is 0 Å². The van der Waals surface area contributed by atoms with Crippen molar-refractivity contribution in [1.82, 2.24) is 0 Å². The molecule has 2 unspecified atom stereocenters. The van der Waals surface area contributed by atoms with Crippen molar-refractivity contribution >= 4 is 11.8 Å². The highest BCUT2D eigenvalue weighted by molar-refractivity contribution is 8.00. The van der Waals surface area contributed by atoms with Crippen molar-refractivity contribution in [2.75, 3.05) is 25.5 Å². The van der Waals surface area contributed by atoms with Gasteiger partial charge in [-0.25, -0.2) is 0 Å². The van der Waals surface area contributed by atoms with Gasteiger partial charge in [0, 0.05) is 12.4 Å². The van der Waals surface area contributed by atoms with Crippen molar-refractivity contribution in [1.29, 1.82) is 0 Å². The Morgan fingerprint density at radius 1 is 1.18 bits per heavy atom.